The SMILES string of the molecule is O=C(CSc1cnccn1)c1ccc(I)cc1. The van der Waals surface area contributed by atoms with Gasteiger partial charge in [0, 0.05) is 21.5 Å². The Morgan fingerprint density at radius 1 is 1.24 bits per heavy atom. The fourth-order valence-electron chi connectivity index (χ4n) is 1.22. The average Bonchev–Trinajstić information content (AvgIpc) is 2.38. The standard InChI is InChI=1S/C12H9IN2OS/c13-10-3-1-9(2-4-10)11(16)8-17-12-7-14-5-6-15-12/h1-7H,8H2. The van der Waals surface area contributed by atoms with E-state index in [1.165, 1.54) is 11.8 Å². The molecule has 0 saturated heterocycles. The molecule has 0 aliphatic carbocycles. The van der Waals surface area contributed by atoms with E-state index in [1.54, 1.807) is 18.6 Å². The molecule has 0 atom stereocenters. The minimum atomic E-state index is 0.108. The second-order valence-corrected chi connectivity index (χ2v) is 5.50. The lowest BCUT2D eigenvalue weighted by Crippen LogP contribution is -2.02. The van der Waals surface area contributed by atoms with Crippen LogP contribution in [-0.4, -0.2) is 21.5 Å². The molecule has 5 heteroatoms. The van der Waals surface area contributed by atoms with Gasteiger partial charge in [-0.15, -0.1) is 0 Å². The van der Waals surface area contributed by atoms with Crippen molar-refractivity contribution in [2.24, 2.45) is 0 Å². The zero-order valence-corrected chi connectivity index (χ0v) is 11.8. The van der Waals surface area contributed by atoms with Gasteiger partial charge in [-0.25, -0.2) is 4.98 Å². The van der Waals surface area contributed by atoms with Crippen LogP contribution in [0, 0.1) is 3.57 Å². The second kappa shape index (κ2) is 6.11. The van der Waals surface area contributed by atoms with Crippen LogP contribution >= 0.6 is 34.4 Å². The number of hydrogen-bond donors (Lipinski definition) is 0. The summed E-state index contributed by atoms with van der Waals surface area (Å²) < 4.78 is 1.13. The third-order valence-corrected chi connectivity index (χ3v) is 3.69. The number of thioether (sulfide) groups is 1. The van der Waals surface area contributed by atoms with Crippen molar-refractivity contribution in [3.63, 3.8) is 0 Å². The van der Waals surface area contributed by atoms with E-state index in [0.29, 0.717) is 5.75 Å². The van der Waals surface area contributed by atoms with E-state index in [2.05, 4.69) is 32.6 Å². The number of Topliss-reactive ketones (excluding diaryl/α,β-unsaturated/α-hetero) is 1. The maximum Gasteiger partial charge on any atom is 0.173 e. The molecule has 0 aliphatic heterocycles. The Labute approximate surface area is 117 Å². The first-order valence-corrected chi connectivity index (χ1v) is 7.00. The van der Waals surface area contributed by atoms with Crippen molar-refractivity contribution in [2.75, 3.05) is 5.75 Å². The molecule has 1 heterocycles. The zero-order chi connectivity index (χ0) is 12.1. The summed E-state index contributed by atoms with van der Waals surface area (Å²) >= 11 is 3.62. The lowest BCUT2D eigenvalue weighted by molar-refractivity contribution is 0.102. The van der Waals surface area contributed by atoms with E-state index in [-0.39, 0.29) is 5.78 Å². The Kier molecular flexibility index (Phi) is 4.49. The lowest BCUT2D eigenvalue weighted by atomic mass is 10.2. The summed E-state index contributed by atoms with van der Waals surface area (Å²) in [5, 5.41) is 0.770. The van der Waals surface area contributed by atoms with Crippen LogP contribution in [0.5, 0.6) is 0 Å². The van der Waals surface area contributed by atoms with Gasteiger partial charge in [-0.05, 0) is 34.7 Å². The Balaban J connectivity index is 1.96. The Morgan fingerprint density at radius 2 is 2.00 bits per heavy atom. The summed E-state index contributed by atoms with van der Waals surface area (Å²) in [5.74, 6) is 0.497. The fourth-order valence-corrected chi connectivity index (χ4v) is 2.29. The van der Waals surface area contributed by atoms with Crippen LogP contribution in [0.1, 0.15) is 10.4 Å². The highest BCUT2D eigenvalue weighted by Gasteiger charge is 2.06. The molecule has 2 aromatic rings. The normalized spacial score (nSPS) is 10.2. The quantitative estimate of drug-likeness (QED) is 0.480. The van der Waals surface area contributed by atoms with Gasteiger partial charge >= 0.3 is 0 Å². The number of benzene rings is 1. The van der Waals surface area contributed by atoms with Crippen molar-refractivity contribution in [1.82, 2.24) is 9.97 Å². The Bertz CT molecular complexity index is 502. The molecule has 0 amide bonds. The number of hydrogen-bond acceptors (Lipinski definition) is 4. The topological polar surface area (TPSA) is 42.9 Å². The first-order chi connectivity index (χ1) is 8.25. The van der Waals surface area contributed by atoms with E-state index < -0.39 is 0 Å². The summed E-state index contributed by atoms with van der Waals surface area (Å²) in [4.78, 5) is 19.9. The number of nitrogens with zero attached hydrogens (tertiary/aromatic N) is 2. The van der Waals surface area contributed by atoms with Crippen LogP contribution in [-0.2, 0) is 0 Å². The van der Waals surface area contributed by atoms with Crippen LogP contribution < -0.4 is 0 Å². The molecule has 86 valence electrons. The van der Waals surface area contributed by atoms with Crippen LogP contribution in [0.15, 0.2) is 47.9 Å². The number of halogens is 1. The predicted octanol–water partition coefficient (Wildman–Crippen LogP) is 3.06. The highest BCUT2D eigenvalue weighted by molar-refractivity contribution is 14.1. The molecule has 0 fully saturated rings. The molecule has 0 aliphatic rings. The van der Waals surface area contributed by atoms with Crippen molar-refractivity contribution in [3.05, 3.63) is 52.0 Å². The minimum absolute atomic E-state index is 0.108. The number of aromatic nitrogens is 2. The molecule has 0 saturated carbocycles. The van der Waals surface area contributed by atoms with E-state index in [1.807, 2.05) is 24.3 Å². The van der Waals surface area contributed by atoms with Gasteiger partial charge in [0.05, 0.1) is 11.9 Å². The third kappa shape index (κ3) is 3.78. The molecule has 2 rings (SSSR count). The Hall–Kier alpha value is -0.950. The van der Waals surface area contributed by atoms with E-state index >= 15 is 0 Å². The van der Waals surface area contributed by atoms with Gasteiger partial charge in [-0.2, -0.15) is 0 Å². The molecule has 1 aromatic heterocycles. The molecule has 0 spiro atoms. The fraction of sp³-hybridized carbons (Fsp3) is 0.0833. The van der Waals surface area contributed by atoms with Crippen LogP contribution in [0.4, 0.5) is 0 Å². The molecular formula is C12H9IN2OS. The maximum atomic E-state index is 11.9. The number of ketones is 1. The predicted molar refractivity (Wildman–Crippen MR) is 76.2 cm³/mol. The summed E-state index contributed by atoms with van der Waals surface area (Å²) in [7, 11) is 0. The summed E-state index contributed by atoms with van der Waals surface area (Å²) in [6.07, 6.45) is 4.90. The largest absolute Gasteiger partial charge is 0.293 e. The molecule has 0 bridgehead atoms. The van der Waals surface area contributed by atoms with Crippen molar-refractivity contribution in [2.45, 2.75) is 5.03 Å². The van der Waals surface area contributed by atoms with Gasteiger partial charge in [-0.1, -0.05) is 23.9 Å². The number of carbonyl (C=O) groups is 1. The maximum absolute atomic E-state index is 11.9. The van der Waals surface area contributed by atoms with E-state index in [0.717, 1.165) is 14.2 Å². The highest BCUT2D eigenvalue weighted by atomic mass is 127. The van der Waals surface area contributed by atoms with Crippen molar-refractivity contribution >= 4 is 40.1 Å². The van der Waals surface area contributed by atoms with Crippen LogP contribution in [0.2, 0.25) is 0 Å². The summed E-state index contributed by atoms with van der Waals surface area (Å²) in [5.41, 5.74) is 0.738. The van der Waals surface area contributed by atoms with Gasteiger partial charge in [-0.3, -0.25) is 9.78 Å². The summed E-state index contributed by atoms with van der Waals surface area (Å²) in [6.45, 7) is 0. The molecule has 17 heavy (non-hydrogen) atoms. The first-order valence-electron chi connectivity index (χ1n) is 4.93. The van der Waals surface area contributed by atoms with E-state index in [4.69, 9.17) is 0 Å². The van der Waals surface area contributed by atoms with Crippen LogP contribution in [0.3, 0.4) is 0 Å². The van der Waals surface area contributed by atoms with Crippen molar-refractivity contribution in [1.29, 1.82) is 0 Å². The molecule has 0 unspecified atom stereocenters. The monoisotopic (exact) mass is 356 g/mol. The van der Waals surface area contributed by atoms with Gasteiger partial charge < -0.3 is 0 Å². The zero-order valence-electron chi connectivity index (χ0n) is 8.84. The average molecular weight is 356 g/mol. The molecule has 1 aromatic carbocycles. The molecular weight excluding hydrogens is 347 g/mol. The summed E-state index contributed by atoms with van der Waals surface area (Å²) in [6, 6.07) is 7.56. The van der Waals surface area contributed by atoms with E-state index in [9.17, 15) is 4.79 Å². The third-order valence-electron chi connectivity index (χ3n) is 2.06. The second-order valence-electron chi connectivity index (χ2n) is 3.26. The van der Waals surface area contributed by atoms with Gasteiger partial charge in [0.25, 0.3) is 0 Å². The van der Waals surface area contributed by atoms with Crippen LogP contribution in [0.25, 0.3) is 0 Å². The van der Waals surface area contributed by atoms with Crippen molar-refractivity contribution in [3.8, 4) is 0 Å². The van der Waals surface area contributed by atoms with Crippen molar-refractivity contribution < 1.29 is 4.79 Å². The Morgan fingerprint density at radius 3 is 2.65 bits per heavy atom. The smallest absolute Gasteiger partial charge is 0.173 e. The lowest BCUT2D eigenvalue weighted by Gasteiger charge is -2.00. The molecule has 0 N–H and O–H groups in total. The first kappa shape index (κ1) is 12.5. The molecule has 0 radical (unpaired) electrons. The molecule has 3 nitrogen and oxygen atoms in total. The highest BCUT2D eigenvalue weighted by Crippen LogP contribution is 2.16. The van der Waals surface area contributed by atoms with Gasteiger partial charge in [0.15, 0.2) is 5.78 Å². The van der Waals surface area contributed by atoms with Gasteiger partial charge in [0.1, 0.15) is 5.03 Å². The number of rotatable bonds is 4. The minimum Gasteiger partial charge on any atom is -0.293 e. The van der Waals surface area contributed by atoms with Gasteiger partial charge in [0.2, 0.25) is 0 Å². The number of carbonyl (C=O) groups excluding carboxylic acids is 1.